The molecule has 1 aliphatic heterocycles. The van der Waals surface area contributed by atoms with Crippen LogP contribution in [0.1, 0.15) is 18.4 Å². The molecular formula is C17H21FN2O4S. The summed E-state index contributed by atoms with van der Waals surface area (Å²) >= 11 is 1.58. The molecule has 0 spiro atoms. The molecule has 1 N–H and O–H groups in total. The van der Waals surface area contributed by atoms with Crippen LogP contribution in [0, 0.1) is 5.82 Å². The normalized spacial score (nSPS) is 17.4. The zero-order chi connectivity index (χ0) is 18.2. The fraction of sp³-hybridized carbons (Fsp3) is 0.471. The molecule has 0 fully saturated rings. The Morgan fingerprint density at radius 1 is 1.44 bits per heavy atom. The number of methoxy groups -OCH3 is 1. The van der Waals surface area contributed by atoms with Gasteiger partial charge in [-0.25, -0.2) is 9.18 Å². The highest BCUT2D eigenvalue weighted by molar-refractivity contribution is 7.98. The van der Waals surface area contributed by atoms with Crippen molar-refractivity contribution in [1.82, 2.24) is 5.32 Å². The average Bonchev–Trinajstić information content (AvgIpc) is 3.08. The number of hydrogen-bond donors (Lipinski definition) is 1. The maximum absolute atomic E-state index is 12.9. The van der Waals surface area contributed by atoms with Crippen LogP contribution >= 0.6 is 11.8 Å². The van der Waals surface area contributed by atoms with E-state index in [1.54, 1.807) is 23.9 Å². The van der Waals surface area contributed by atoms with E-state index in [1.807, 2.05) is 6.26 Å². The molecule has 136 valence electrons. The predicted octanol–water partition coefficient (Wildman–Crippen LogP) is 1.92. The van der Waals surface area contributed by atoms with E-state index < -0.39 is 24.0 Å². The third-order valence-corrected chi connectivity index (χ3v) is 4.40. The molecule has 1 amide bonds. The van der Waals surface area contributed by atoms with Gasteiger partial charge in [0.2, 0.25) is 6.10 Å². The minimum Gasteiger partial charge on any atom is -0.467 e. The smallest absolute Gasteiger partial charge is 0.328 e. The van der Waals surface area contributed by atoms with Gasteiger partial charge in [0.05, 0.1) is 12.8 Å². The lowest BCUT2D eigenvalue weighted by Gasteiger charge is -2.17. The highest BCUT2D eigenvalue weighted by Crippen LogP contribution is 2.16. The van der Waals surface area contributed by atoms with Gasteiger partial charge < -0.3 is 14.9 Å². The number of amides is 1. The summed E-state index contributed by atoms with van der Waals surface area (Å²) in [5.41, 5.74) is 1.59. The summed E-state index contributed by atoms with van der Waals surface area (Å²) in [6.45, 7) is 0. The number of carbonyl (C=O) groups excluding carboxylic acids is 2. The first-order valence-electron chi connectivity index (χ1n) is 7.86. The summed E-state index contributed by atoms with van der Waals surface area (Å²) in [7, 11) is 1.29. The lowest BCUT2D eigenvalue weighted by atomic mass is 10.0. The predicted molar refractivity (Wildman–Crippen MR) is 94.0 cm³/mol. The molecule has 2 rings (SSSR count). The van der Waals surface area contributed by atoms with Crippen molar-refractivity contribution >= 4 is 29.4 Å². The zero-order valence-corrected chi connectivity index (χ0v) is 15.0. The first kappa shape index (κ1) is 19.2. The third-order valence-electron chi connectivity index (χ3n) is 3.76. The van der Waals surface area contributed by atoms with E-state index in [-0.39, 0.29) is 5.82 Å². The van der Waals surface area contributed by atoms with Crippen LogP contribution < -0.4 is 5.32 Å². The molecule has 6 nitrogen and oxygen atoms in total. The van der Waals surface area contributed by atoms with Gasteiger partial charge in [0, 0.05) is 12.8 Å². The van der Waals surface area contributed by atoms with E-state index in [0.29, 0.717) is 25.0 Å². The Balaban J connectivity index is 1.87. The summed E-state index contributed by atoms with van der Waals surface area (Å²) in [4.78, 5) is 29.2. The molecule has 0 radical (unpaired) electrons. The van der Waals surface area contributed by atoms with Gasteiger partial charge in [-0.05, 0) is 36.1 Å². The molecule has 1 aliphatic rings. The van der Waals surface area contributed by atoms with E-state index in [4.69, 9.17) is 9.57 Å². The van der Waals surface area contributed by atoms with Gasteiger partial charge in [0.1, 0.15) is 11.9 Å². The number of nitrogens with zero attached hydrogens (tertiary/aromatic N) is 1. The topological polar surface area (TPSA) is 77.0 Å². The molecule has 0 aromatic heterocycles. The van der Waals surface area contributed by atoms with Gasteiger partial charge in [-0.1, -0.05) is 17.3 Å². The van der Waals surface area contributed by atoms with Crippen molar-refractivity contribution < 1.29 is 23.6 Å². The average molecular weight is 368 g/mol. The minimum absolute atomic E-state index is 0.301. The second-order valence-corrected chi connectivity index (χ2v) is 6.61. The quantitative estimate of drug-likeness (QED) is 0.710. The second kappa shape index (κ2) is 9.41. The van der Waals surface area contributed by atoms with Crippen LogP contribution in [0.4, 0.5) is 4.39 Å². The maximum atomic E-state index is 12.9. The standard InChI is InChI=1S/C17H21FN2O4S/c1-23-17(22)14(7-8-25-2)19-16(21)15-10-13(20-24-15)9-11-3-5-12(18)6-4-11/h3-6,14-15H,7-10H2,1-2H3,(H,19,21). The minimum atomic E-state index is -0.767. The molecule has 25 heavy (non-hydrogen) atoms. The van der Waals surface area contributed by atoms with Crippen LogP contribution in [0.3, 0.4) is 0 Å². The number of thioether (sulfide) groups is 1. The van der Waals surface area contributed by atoms with E-state index >= 15 is 0 Å². The number of nitrogens with one attached hydrogen (secondary N) is 1. The lowest BCUT2D eigenvalue weighted by molar-refractivity contribution is -0.146. The molecule has 1 aromatic rings. The number of esters is 1. The molecular weight excluding hydrogens is 347 g/mol. The van der Waals surface area contributed by atoms with Gasteiger partial charge in [-0.2, -0.15) is 11.8 Å². The number of carbonyl (C=O) groups is 2. The Morgan fingerprint density at radius 2 is 2.16 bits per heavy atom. The summed E-state index contributed by atoms with van der Waals surface area (Å²) in [5, 5.41) is 6.59. The van der Waals surface area contributed by atoms with Crippen LogP contribution in [-0.2, 0) is 25.6 Å². The van der Waals surface area contributed by atoms with Crippen LogP contribution in [0.25, 0.3) is 0 Å². The Hall–Kier alpha value is -2.09. The van der Waals surface area contributed by atoms with Crippen LogP contribution in [0.5, 0.6) is 0 Å². The first-order valence-corrected chi connectivity index (χ1v) is 9.26. The van der Waals surface area contributed by atoms with Crippen molar-refractivity contribution in [2.24, 2.45) is 5.16 Å². The molecule has 1 aromatic carbocycles. The summed E-state index contributed by atoms with van der Waals surface area (Å²) in [6.07, 6.45) is 2.45. The first-order chi connectivity index (χ1) is 12.0. The molecule has 2 atom stereocenters. The number of ether oxygens (including phenoxy) is 1. The van der Waals surface area contributed by atoms with E-state index in [1.165, 1.54) is 19.2 Å². The SMILES string of the molecule is COC(=O)C(CCSC)NC(=O)C1CC(Cc2ccc(F)cc2)=NO1. The van der Waals surface area contributed by atoms with Crippen molar-refractivity contribution in [2.75, 3.05) is 19.1 Å². The van der Waals surface area contributed by atoms with E-state index in [9.17, 15) is 14.0 Å². The number of rotatable bonds is 8. The maximum Gasteiger partial charge on any atom is 0.328 e. The highest BCUT2D eigenvalue weighted by atomic mass is 32.2. The van der Waals surface area contributed by atoms with Gasteiger partial charge in [-0.15, -0.1) is 0 Å². The van der Waals surface area contributed by atoms with Gasteiger partial charge >= 0.3 is 5.97 Å². The van der Waals surface area contributed by atoms with Crippen molar-refractivity contribution in [3.05, 3.63) is 35.6 Å². The third kappa shape index (κ3) is 5.74. The molecule has 1 heterocycles. The van der Waals surface area contributed by atoms with Crippen molar-refractivity contribution in [1.29, 1.82) is 0 Å². The summed E-state index contributed by atoms with van der Waals surface area (Å²) in [5.74, 6) is -0.454. The van der Waals surface area contributed by atoms with Crippen LogP contribution in [-0.4, -0.2) is 48.9 Å². The zero-order valence-electron chi connectivity index (χ0n) is 14.2. The number of hydrogen-bond acceptors (Lipinski definition) is 6. The number of benzene rings is 1. The molecule has 8 heteroatoms. The molecule has 0 bridgehead atoms. The molecule has 2 unspecified atom stereocenters. The van der Waals surface area contributed by atoms with Crippen LogP contribution in [0.2, 0.25) is 0 Å². The summed E-state index contributed by atoms with van der Waals surface area (Å²) < 4.78 is 17.6. The van der Waals surface area contributed by atoms with Gasteiger partial charge in [-0.3, -0.25) is 4.79 Å². The second-order valence-electron chi connectivity index (χ2n) is 5.62. The number of oxime groups is 1. The molecule has 0 saturated heterocycles. The Labute approximate surface area is 150 Å². The van der Waals surface area contributed by atoms with Gasteiger partial charge in [0.15, 0.2) is 0 Å². The van der Waals surface area contributed by atoms with Crippen molar-refractivity contribution in [3.63, 3.8) is 0 Å². The Kier molecular flexibility index (Phi) is 7.24. The fourth-order valence-corrected chi connectivity index (χ4v) is 2.87. The van der Waals surface area contributed by atoms with Crippen molar-refractivity contribution in [3.8, 4) is 0 Å². The van der Waals surface area contributed by atoms with E-state index in [2.05, 4.69) is 10.5 Å². The summed E-state index contributed by atoms with van der Waals surface area (Å²) in [6, 6.07) is 5.39. The highest BCUT2D eigenvalue weighted by Gasteiger charge is 2.31. The molecule has 0 aliphatic carbocycles. The monoisotopic (exact) mass is 368 g/mol. The Bertz CT molecular complexity index is 636. The fourth-order valence-electron chi connectivity index (χ4n) is 2.40. The van der Waals surface area contributed by atoms with Crippen LogP contribution in [0.15, 0.2) is 29.4 Å². The van der Waals surface area contributed by atoms with Gasteiger partial charge in [0.25, 0.3) is 5.91 Å². The largest absolute Gasteiger partial charge is 0.467 e. The van der Waals surface area contributed by atoms with Crippen molar-refractivity contribution in [2.45, 2.75) is 31.4 Å². The Morgan fingerprint density at radius 3 is 2.80 bits per heavy atom. The number of halogens is 1. The van der Waals surface area contributed by atoms with E-state index in [0.717, 1.165) is 11.3 Å². The lowest BCUT2D eigenvalue weighted by Crippen LogP contribution is -2.46. The molecule has 0 saturated carbocycles.